The van der Waals surface area contributed by atoms with Crippen LogP contribution in [0.5, 0.6) is 0 Å². The number of hydrogen-bond donors (Lipinski definition) is 1. The summed E-state index contributed by atoms with van der Waals surface area (Å²) in [6, 6.07) is 13.3. The molecule has 0 aliphatic carbocycles. The Hall–Kier alpha value is -3.24. The van der Waals surface area contributed by atoms with Crippen LogP contribution in [0.3, 0.4) is 0 Å². The molecule has 3 heterocycles. The van der Waals surface area contributed by atoms with Crippen molar-refractivity contribution in [2.45, 2.75) is 32.0 Å². The third-order valence-electron chi connectivity index (χ3n) is 7.70. The molecule has 7 nitrogen and oxygen atoms in total. The summed E-state index contributed by atoms with van der Waals surface area (Å²) in [5.74, 6) is -1.64. The van der Waals surface area contributed by atoms with Crippen LogP contribution in [0.25, 0.3) is 11.1 Å². The summed E-state index contributed by atoms with van der Waals surface area (Å²) < 4.78 is 42.4. The SMILES string of the molecule is CCN1CCN(c2ccc(-c3ccc(Cl)cc3N3CCCC(n4ncc(C(=O)O)c4C(F)(F)F)C3)cc2)CC1. The highest BCUT2D eigenvalue weighted by Gasteiger charge is 2.42. The number of benzene rings is 2. The molecule has 11 heteroatoms. The highest BCUT2D eigenvalue weighted by atomic mass is 35.5. The molecule has 2 aliphatic heterocycles. The number of carboxylic acids is 1. The number of aromatic carboxylic acids is 1. The molecule has 0 bridgehead atoms. The van der Waals surface area contributed by atoms with Gasteiger partial charge in [0.15, 0.2) is 5.69 Å². The minimum Gasteiger partial charge on any atom is -0.478 e. The zero-order valence-electron chi connectivity index (χ0n) is 21.7. The molecule has 2 saturated heterocycles. The van der Waals surface area contributed by atoms with E-state index in [9.17, 15) is 23.1 Å². The van der Waals surface area contributed by atoms with Gasteiger partial charge in [0.05, 0.1) is 12.2 Å². The van der Waals surface area contributed by atoms with E-state index in [4.69, 9.17) is 11.6 Å². The molecule has 0 saturated carbocycles. The number of halogens is 4. The van der Waals surface area contributed by atoms with Crippen molar-refractivity contribution in [3.8, 4) is 11.1 Å². The van der Waals surface area contributed by atoms with E-state index in [0.29, 0.717) is 24.4 Å². The van der Waals surface area contributed by atoms with Gasteiger partial charge < -0.3 is 19.8 Å². The molecule has 2 aromatic carbocycles. The Morgan fingerprint density at radius 1 is 1.05 bits per heavy atom. The summed E-state index contributed by atoms with van der Waals surface area (Å²) in [6.45, 7) is 8.15. The first kappa shape index (κ1) is 27.3. The van der Waals surface area contributed by atoms with Crippen LogP contribution >= 0.6 is 11.6 Å². The van der Waals surface area contributed by atoms with Crippen molar-refractivity contribution in [1.82, 2.24) is 14.7 Å². The van der Waals surface area contributed by atoms with E-state index in [1.807, 2.05) is 23.1 Å². The maximum atomic E-state index is 13.9. The summed E-state index contributed by atoms with van der Waals surface area (Å²) in [5, 5.41) is 13.7. The molecule has 1 unspecified atom stereocenters. The summed E-state index contributed by atoms with van der Waals surface area (Å²) in [6.07, 6.45) is -2.97. The molecule has 5 rings (SSSR count). The average molecular weight is 562 g/mol. The lowest BCUT2D eigenvalue weighted by Gasteiger charge is -2.36. The second-order valence-electron chi connectivity index (χ2n) is 10.0. The van der Waals surface area contributed by atoms with E-state index in [2.05, 4.69) is 46.1 Å². The van der Waals surface area contributed by atoms with Crippen LogP contribution in [-0.2, 0) is 6.18 Å². The molecule has 1 aromatic heterocycles. The largest absolute Gasteiger partial charge is 0.478 e. The van der Waals surface area contributed by atoms with Gasteiger partial charge in [-0.15, -0.1) is 0 Å². The molecule has 1 atom stereocenters. The number of aromatic nitrogens is 2. The minimum atomic E-state index is -4.83. The molecule has 2 aliphatic rings. The molecule has 1 N–H and O–H groups in total. The quantitative estimate of drug-likeness (QED) is 0.404. The first-order chi connectivity index (χ1) is 18.7. The number of rotatable bonds is 6. The van der Waals surface area contributed by atoms with Crippen molar-refractivity contribution >= 4 is 28.9 Å². The van der Waals surface area contributed by atoms with Crippen molar-refractivity contribution in [2.24, 2.45) is 0 Å². The van der Waals surface area contributed by atoms with Gasteiger partial charge in [0.1, 0.15) is 5.56 Å². The van der Waals surface area contributed by atoms with Crippen molar-refractivity contribution < 1.29 is 23.1 Å². The lowest BCUT2D eigenvalue weighted by atomic mass is 9.99. The Morgan fingerprint density at radius 3 is 2.41 bits per heavy atom. The van der Waals surface area contributed by atoms with E-state index < -0.39 is 29.4 Å². The molecule has 2 fully saturated rings. The number of carbonyl (C=O) groups is 1. The Kier molecular flexibility index (Phi) is 7.77. The molecule has 39 heavy (non-hydrogen) atoms. The zero-order chi connectivity index (χ0) is 27.7. The molecule has 0 radical (unpaired) electrons. The van der Waals surface area contributed by atoms with Crippen LogP contribution in [0.15, 0.2) is 48.7 Å². The lowest BCUT2D eigenvalue weighted by Crippen LogP contribution is -2.46. The van der Waals surface area contributed by atoms with Gasteiger partial charge >= 0.3 is 12.1 Å². The first-order valence-corrected chi connectivity index (χ1v) is 13.5. The van der Waals surface area contributed by atoms with Gasteiger partial charge in [0, 0.05) is 61.2 Å². The van der Waals surface area contributed by atoms with Gasteiger partial charge in [-0.2, -0.15) is 18.3 Å². The summed E-state index contributed by atoms with van der Waals surface area (Å²) in [5.41, 5.74) is 1.86. The molecular weight excluding hydrogens is 531 g/mol. The zero-order valence-corrected chi connectivity index (χ0v) is 22.4. The molecule has 0 spiro atoms. The van der Waals surface area contributed by atoms with Crippen LogP contribution in [0, 0.1) is 0 Å². The van der Waals surface area contributed by atoms with Crippen LogP contribution in [-0.4, -0.2) is 71.6 Å². The van der Waals surface area contributed by atoms with Crippen LogP contribution < -0.4 is 9.80 Å². The van der Waals surface area contributed by atoms with E-state index in [1.54, 1.807) is 0 Å². The second-order valence-corrected chi connectivity index (χ2v) is 10.5. The smallest absolute Gasteiger partial charge is 0.433 e. The Bertz CT molecular complexity index is 1320. The van der Waals surface area contributed by atoms with E-state index in [0.717, 1.165) is 66.1 Å². The highest BCUT2D eigenvalue weighted by molar-refractivity contribution is 6.31. The van der Waals surface area contributed by atoms with E-state index >= 15 is 0 Å². The van der Waals surface area contributed by atoms with Crippen LogP contribution in [0.1, 0.15) is 41.9 Å². The third kappa shape index (κ3) is 5.72. The fourth-order valence-electron chi connectivity index (χ4n) is 5.64. The summed E-state index contributed by atoms with van der Waals surface area (Å²) in [7, 11) is 0. The molecule has 3 aromatic rings. The molecule has 208 valence electrons. The maximum absolute atomic E-state index is 13.9. The fourth-order valence-corrected chi connectivity index (χ4v) is 5.80. The van der Waals surface area contributed by atoms with Crippen molar-refractivity contribution in [3.63, 3.8) is 0 Å². The maximum Gasteiger partial charge on any atom is 0.433 e. The third-order valence-corrected chi connectivity index (χ3v) is 7.94. The topological polar surface area (TPSA) is 64.8 Å². The number of hydrogen-bond acceptors (Lipinski definition) is 5. The second kappa shape index (κ2) is 11.1. The van der Waals surface area contributed by atoms with Crippen LogP contribution in [0.4, 0.5) is 24.5 Å². The predicted octanol–water partition coefficient (Wildman–Crippen LogP) is 5.90. The number of anilines is 2. The Morgan fingerprint density at radius 2 is 1.77 bits per heavy atom. The van der Waals surface area contributed by atoms with E-state index in [-0.39, 0.29) is 6.54 Å². The van der Waals surface area contributed by atoms with Gasteiger partial charge in [-0.3, -0.25) is 4.68 Å². The normalized spacial score (nSPS) is 18.9. The average Bonchev–Trinajstić information content (AvgIpc) is 3.40. The Balaban J connectivity index is 1.41. The highest BCUT2D eigenvalue weighted by Crippen LogP contribution is 2.39. The Labute approximate surface area is 230 Å². The van der Waals surface area contributed by atoms with Crippen molar-refractivity contribution in [3.05, 3.63) is 64.9 Å². The number of piperazine rings is 1. The number of alkyl halides is 3. The lowest BCUT2D eigenvalue weighted by molar-refractivity contribution is -0.145. The van der Waals surface area contributed by atoms with Crippen molar-refractivity contribution in [1.29, 1.82) is 0 Å². The number of nitrogens with zero attached hydrogens (tertiary/aromatic N) is 5. The van der Waals surface area contributed by atoms with Gasteiger partial charge in [0.25, 0.3) is 0 Å². The molecular formula is C28H31ClF3N5O2. The monoisotopic (exact) mass is 561 g/mol. The van der Waals surface area contributed by atoms with Crippen LogP contribution in [0.2, 0.25) is 5.02 Å². The number of likely N-dealkylation sites (N-methyl/N-ethyl adjacent to an activating group) is 1. The van der Waals surface area contributed by atoms with E-state index in [1.165, 1.54) is 0 Å². The standard InChI is InChI=1S/C28H31ClF3N5O2/c1-2-34-12-14-35(15-13-34)21-8-5-19(6-9-21)23-10-7-20(29)16-25(23)36-11-3-4-22(18-36)37-26(28(30,31)32)24(17-33-37)27(38)39/h5-10,16-17,22H,2-4,11-15,18H2,1H3,(H,38,39). The first-order valence-electron chi connectivity index (χ1n) is 13.2. The minimum absolute atomic E-state index is 0.247. The van der Waals surface area contributed by atoms with Gasteiger partial charge in [-0.25, -0.2) is 4.79 Å². The fraction of sp³-hybridized carbons (Fsp3) is 0.429. The molecule has 0 amide bonds. The number of piperidine rings is 1. The van der Waals surface area contributed by atoms with Gasteiger partial charge in [-0.1, -0.05) is 36.7 Å². The predicted molar refractivity (Wildman–Crippen MR) is 146 cm³/mol. The number of carboxylic acid groups (broad SMARTS) is 1. The summed E-state index contributed by atoms with van der Waals surface area (Å²) in [4.78, 5) is 18.3. The summed E-state index contributed by atoms with van der Waals surface area (Å²) >= 11 is 6.38. The van der Waals surface area contributed by atoms with Gasteiger partial charge in [-0.05, 0) is 49.2 Å². The van der Waals surface area contributed by atoms with Gasteiger partial charge in [0.2, 0.25) is 0 Å². The van der Waals surface area contributed by atoms with Crippen molar-refractivity contribution in [2.75, 3.05) is 55.6 Å².